The summed E-state index contributed by atoms with van der Waals surface area (Å²) in [6.07, 6.45) is 0. The number of hydrogen-bond donors (Lipinski definition) is 1. The van der Waals surface area contributed by atoms with Crippen LogP contribution in [0.25, 0.3) is 10.9 Å². The van der Waals surface area contributed by atoms with Crippen LogP contribution in [0.4, 0.5) is 5.69 Å². The maximum atomic E-state index is 13.0. The molecule has 0 fully saturated rings. The van der Waals surface area contributed by atoms with Crippen LogP contribution >= 0.6 is 11.6 Å². The number of hydroxylamine groups is 1. The number of hydrogen-bond acceptors (Lipinski definition) is 4. The molecule has 0 unspecified atom stereocenters. The summed E-state index contributed by atoms with van der Waals surface area (Å²) in [6.45, 7) is 2.43. The second-order valence-corrected chi connectivity index (χ2v) is 6.07. The van der Waals surface area contributed by atoms with E-state index in [1.54, 1.807) is 48.5 Å². The number of aromatic nitrogens is 1. The molecule has 1 heterocycles. The van der Waals surface area contributed by atoms with Gasteiger partial charge >= 0.3 is 5.97 Å². The number of carbonyl (C=O) groups excluding carboxylic acids is 3. The third-order valence-corrected chi connectivity index (χ3v) is 3.94. The SMILES string of the molecule is CC(=O)ON(C(C)=O)c1c(C(=O)c2ccccc2)[nH]c2cc(Cl)ccc12. The van der Waals surface area contributed by atoms with E-state index in [0.717, 1.165) is 5.06 Å². The van der Waals surface area contributed by atoms with Gasteiger partial charge in [-0.25, -0.2) is 4.79 Å². The molecule has 6 nitrogen and oxygen atoms in total. The summed E-state index contributed by atoms with van der Waals surface area (Å²) in [5, 5.41) is 1.82. The second-order valence-electron chi connectivity index (χ2n) is 5.63. The molecule has 0 radical (unpaired) electrons. The molecule has 1 N–H and O–H groups in total. The Morgan fingerprint density at radius 2 is 1.73 bits per heavy atom. The molecule has 7 heteroatoms. The number of ketones is 1. The van der Waals surface area contributed by atoms with E-state index in [9.17, 15) is 14.4 Å². The number of nitrogens with one attached hydrogen (secondary N) is 1. The first-order valence-electron chi connectivity index (χ1n) is 7.78. The molecule has 0 atom stereocenters. The molecule has 0 saturated heterocycles. The second kappa shape index (κ2) is 7.01. The molecule has 0 aliphatic rings. The number of aromatic amines is 1. The smallest absolute Gasteiger partial charge is 0.330 e. The molecule has 26 heavy (non-hydrogen) atoms. The molecule has 1 aromatic heterocycles. The quantitative estimate of drug-likeness (QED) is 0.560. The molecule has 2 aromatic carbocycles. The maximum Gasteiger partial charge on any atom is 0.330 e. The van der Waals surface area contributed by atoms with Gasteiger partial charge < -0.3 is 9.82 Å². The molecule has 0 saturated carbocycles. The number of carbonyl (C=O) groups is 3. The third kappa shape index (κ3) is 3.32. The van der Waals surface area contributed by atoms with Crippen LogP contribution in [-0.4, -0.2) is 22.6 Å². The van der Waals surface area contributed by atoms with Crippen LogP contribution in [0, 0.1) is 0 Å². The standard InChI is InChI=1S/C19H15ClN2O4/c1-11(23)22(26-12(2)24)18-15-9-8-14(20)10-16(15)21-17(18)19(25)13-6-4-3-5-7-13/h3-10,21H,1-2H3. The Balaban J connectivity index is 2.26. The highest BCUT2D eigenvalue weighted by molar-refractivity contribution is 6.31. The van der Waals surface area contributed by atoms with E-state index in [-0.39, 0.29) is 17.2 Å². The molecule has 0 bridgehead atoms. The molecular formula is C19H15ClN2O4. The van der Waals surface area contributed by atoms with Crippen molar-refractivity contribution >= 4 is 45.9 Å². The van der Waals surface area contributed by atoms with E-state index in [0.29, 0.717) is 21.5 Å². The van der Waals surface area contributed by atoms with E-state index < -0.39 is 11.9 Å². The molecule has 0 aliphatic carbocycles. The first-order valence-corrected chi connectivity index (χ1v) is 8.16. The Morgan fingerprint density at radius 1 is 1.04 bits per heavy atom. The summed E-state index contributed by atoms with van der Waals surface area (Å²) in [6, 6.07) is 13.5. The summed E-state index contributed by atoms with van der Waals surface area (Å²) in [5.41, 5.74) is 1.28. The van der Waals surface area contributed by atoms with Gasteiger partial charge in [-0.05, 0) is 18.2 Å². The molecular weight excluding hydrogens is 356 g/mol. The van der Waals surface area contributed by atoms with Crippen LogP contribution in [0.15, 0.2) is 48.5 Å². The van der Waals surface area contributed by atoms with Crippen molar-refractivity contribution in [3.8, 4) is 0 Å². The Kier molecular flexibility index (Phi) is 4.77. The molecule has 0 aliphatic heterocycles. The predicted octanol–water partition coefficient (Wildman–Crippen LogP) is 3.88. The largest absolute Gasteiger partial charge is 0.350 e. The normalized spacial score (nSPS) is 10.6. The lowest BCUT2D eigenvalue weighted by Crippen LogP contribution is -2.31. The van der Waals surface area contributed by atoms with Crippen molar-refractivity contribution in [2.24, 2.45) is 0 Å². The average Bonchev–Trinajstić information content (AvgIpc) is 2.97. The summed E-state index contributed by atoms with van der Waals surface area (Å²) in [5.74, 6) is -1.56. The Hall–Kier alpha value is -3.12. The van der Waals surface area contributed by atoms with Crippen LogP contribution < -0.4 is 5.06 Å². The van der Waals surface area contributed by atoms with Gasteiger partial charge in [0, 0.05) is 35.3 Å². The highest BCUT2D eigenvalue weighted by Crippen LogP contribution is 2.34. The fourth-order valence-electron chi connectivity index (χ4n) is 2.66. The highest BCUT2D eigenvalue weighted by Gasteiger charge is 2.28. The zero-order valence-corrected chi connectivity index (χ0v) is 14.8. The minimum absolute atomic E-state index is 0.130. The number of anilines is 1. The molecule has 3 rings (SSSR count). The minimum atomic E-state index is -0.679. The lowest BCUT2D eigenvalue weighted by molar-refractivity contribution is -0.147. The topological polar surface area (TPSA) is 79.5 Å². The number of amides is 1. The number of halogens is 1. The van der Waals surface area contributed by atoms with Crippen LogP contribution in [0.1, 0.15) is 29.9 Å². The van der Waals surface area contributed by atoms with Gasteiger partial charge in [-0.15, -0.1) is 5.06 Å². The fourth-order valence-corrected chi connectivity index (χ4v) is 2.83. The Bertz CT molecular complexity index is 1010. The summed E-state index contributed by atoms with van der Waals surface area (Å²) >= 11 is 6.03. The summed E-state index contributed by atoms with van der Waals surface area (Å²) in [4.78, 5) is 44.6. The number of benzene rings is 2. The van der Waals surface area contributed by atoms with Crippen molar-refractivity contribution in [3.05, 3.63) is 64.8 Å². The van der Waals surface area contributed by atoms with Gasteiger partial charge in [0.15, 0.2) is 0 Å². The van der Waals surface area contributed by atoms with E-state index >= 15 is 0 Å². The van der Waals surface area contributed by atoms with Gasteiger partial charge in [0.05, 0.1) is 0 Å². The van der Waals surface area contributed by atoms with Crippen molar-refractivity contribution in [2.75, 3.05) is 5.06 Å². The van der Waals surface area contributed by atoms with Crippen molar-refractivity contribution in [1.29, 1.82) is 0 Å². The zero-order valence-electron chi connectivity index (χ0n) is 14.1. The Morgan fingerprint density at radius 3 is 2.35 bits per heavy atom. The van der Waals surface area contributed by atoms with Crippen molar-refractivity contribution < 1.29 is 19.2 Å². The molecule has 132 valence electrons. The highest BCUT2D eigenvalue weighted by atomic mass is 35.5. The van der Waals surface area contributed by atoms with Crippen molar-refractivity contribution in [1.82, 2.24) is 4.98 Å². The summed E-state index contributed by atoms with van der Waals surface area (Å²) < 4.78 is 0. The van der Waals surface area contributed by atoms with Gasteiger partial charge in [0.25, 0.3) is 5.91 Å². The van der Waals surface area contributed by atoms with E-state index in [1.807, 2.05) is 0 Å². The number of nitrogens with zero attached hydrogens (tertiary/aromatic N) is 1. The Labute approximate surface area is 154 Å². The van der Waals surface area contributed by atoms with Gasteiger partial charge in [-0.2, -0.15) is 0 Å². The first kappa shape index (κ1) is 17.7. The van der Waals surface area contributed by atoms with Gasteiger partial charge in [-0.1, -0.05) is 41.9 Å². The lowest BCUT2D eigenvalue weighted by Gasteiger charge is -2.19. The van der Waals surface area contributed by atoms with Gasteiger partial charge in [-0.3, -0.25) is 9.59 Å². The monoisotopic (exact) mass is 370 g/mol. The average molecular weight is 371 g/mol. The van der Waals surface area contributed by atoms with Crippen LogP contribution in [0.2, 0.25) is 5.02 Å². The lowest BCUT2D eigenvalue weighted by atomic mass is 10.1. The number of fused-ring (bicyclic) bond motifs is 1. The molecule has 1 amide bonds. The van der Waals surface area contributed by atoms with Crippen LogP contribution in [-0.2, 0) is 14.4 Å². The van der Waals surface area contributed by atoms with E-state index in [2.05, 4.69) is 4.98 Å². The maximum absolute atomic E-state index is 13.0. The minimum Gasteiger partial charge on any atom is -0.350 e. The van der Waals surface area contributed by atoms with E-state index in [4.69, 9.17) is 16.4 Å². The fraction of sp³-hybridized carbons (Fsp3) is 0.105. The summed E-state index contributed by atoms with van der Waals surface area (Å²) in [7, 11) is 0. The van der Waals surface area contributed by atoms with Crippen LogP contribution in [0.5, 0.6) is 0 Å². The van der Waals surface area contributed by atoms with Gasteiger partial charge in [0.1, 0.15) is 11.4 Å². The zero-order chi connectivity index (χ0) is 18.8. The van der Waals surface area contributed by atoms with E-state index in [1.165, 1.54) is 13.8 Å². The number of H-pyrrole nitrogens is 1. The van der Waals surface area contributed by atoms with Gasteiger partial charge in [0.2, 0.25) is 5.78 Å². The first-order chi connectivity index (χ1) is 12.4. The van der Waals surface area contributed by atoms with Crippen LogP contribution in [0.3, 0.4) is 0 Å². The third-order valence-electron chi connectivity index (χ3n) is 3.71. The molecule has 0 spiro atoms. The number of rotatable bonds is 3. The van der Waals surface area contributed by atoms with Crippen molar-refractivity contribution in [2.45, 2.75) is 13.8 Å². The van der Waals surface area contributed by atoms with Crippen molar-refractivity contribution in [3.63, 3.8) is 0 Å². The predicted molar refractivity (Wildman–Crippen MR) is 98.1 cm³/mol. The molecule has 3 aromatic rings.